The van der Waals surface area contributed by atoms with Gasteiger partial charge in [-0.2, -0.15) is 0 Å². The minimum Gasteiger partial charge on any atom is -0.493 e. The summed E-state index contributed by atoms with van der Waals surface area (Å²) in [5.41, 5.74) is 9.06. The summed E-state index contributed by atoms with van der Waals surface area (Å²) < 4.78 is 14.0. The van der Waals surface area contributed by atoms with Crippen molar-refractivity contribution in [2.24, 2.45) is 0 Å². The number of hydrogen-bond donors (Lipinski definition) is 0. The molecule has 0 N–H and O–H groups in total. The molecule has 0 saturated heterocycles. The van der Waals surface area contributed by atoms with E-state index in [1.807, 2.05) is 47.0 Å². The van der Waals surface area contributed by atoms with E-state index in [2.05, 4.69) is 184 Å². The smallest absolute Gasteiger partial charge is 0.127 e. The van der Waals surface area contributed by atoms with Gasteiger partial charge < -0.3 is 9.47 Å². The van der Waals surface area contributed by atoms with Crippen LogP contribution < -0.4 is 9.47 Å². The van der Waals surface area contributed by atoms with Crippen molar-refractivity contribution in [3.63, 3.8) is 0 Å². The van der Waals surface area contributed by atoms with Crippen LogP contribution in [0.4, 0.5) is 0 Å². The van der Waals surface area contributed by atoms with Crippen LogP contribution in [0.2, 0.25) is 0 Å². The molecule has 0 fully saturated rings. The molecular formula is C62H62O2S4. The molecule has 6 heteroatoms. The lowest BCUT2D eigenvalue weighted by atomic mass is 9.93. The Morgan fingerprint density at radius 3 is 1.07 bits per heavy atom. The van der Waals surface area contributed by atoms with Crippen LogP contribution in [0.1, 0.15) is 124 Å². The van der Waals surface area contributed by atoms with Crippen LogP contribution in [0.25, 0.3) is 23.3 Å². The van der Waals surface area contributed by atoms with Crippen LogP contribution in [0.15, 0.2) is 197 Å². The van der Waals surface area contributed by atoms with E-state index in [4.69, 9.17) is 9.47 Å². The zero-order chi connectivity index (χ0) is 46.3. The van der Waals surface area contributed by atoms with Gasteiger partial charge in [-0.1, -0.05) is 222 Å². The molecule has 0 unspecified atom stereocenters. The third-order valence-electron chi connectivity index (χ3n) is 12.5. The first kappa shape index (κ1) is 48.1. The molecule has 9 rings (SSSR count). The van der Waals surface area contributed by atoms with Crippen molar-refractivity contribution in [3.05, 3.63) is 191 Å². The maximum Gasteiger partial charge on any atom is 0.127 e. The largest absolute Gasteiger partial charge is 0.493 e. The minimum absolute atomic E-state index is 0.660. The fourth-order valence-electron chi connectivity index (χ4n) is 8.80. The third kappa shape index (κ3) is 12.4. The summed E-state index contributed by atoms with van der Waals surface area (Å²) in [6.45, 7) is 5.88. The summed E-state index contributed by atoms with van der Waals surface area (Å²) in [5.74, 6) is 1.76. The first-order chi connectivity index (χ1) is 33.6. The van der Waals surface area contributed by atoms with Gasteiger partial charge in [0.05, 0.1) is 13.2 Å². The fraction of sp³-hybridized carbons (Fsp3) is 0.258. The summed E-state index contributed by atoms with van der Waals surface area (Å²) in [6, 6.07) is 57.6. The lowest BCUT2D eigenvalue weighted by Crippen LogP contribution is -2.04. The first-order valence-corrected chi connectivity index (χ1v) is 28.1. The Bertz CT molecular complexity index is 2640. The van der Waals surface area contributed by atoms with Crippen molar-refractivity contribution in [2.75, 3.05) is 13.2 Å². The molecule has 346 valence electrons. The van der Waals surface area contributed by atoms with E-state index in [0.717, 1.165) is 59.5 Å². The van der Waals surface area contributed by atoms with Crippen LogP contribution >= 0.6 is 47.0 Å². The highest BCUT2D eigenvalue weighted by atomic mass is 32.2. The number of hydrogen-bond acceptors (Lipinski definition) is 6. The molecule has 0 radical (unpaired) electrons. The molecule has 2 aliphatic heterocycles. The van der Waals surface area contributed by atoms with E-state index >= 15 is 0 Å². The summed E-state index contributed by atoms with van der Waals surface area (Å²) in [5, 5.41) is 0. The van der Waals surface area contributed by atoms with Crippen LogP contribution in [-0.2, 0) is 0 Å². The summed E-state index contributed by atoms with van der Waals surface area (Å²) in [7, 11) is 0. The number of benzene rings is 7. The molecule has 68 heavy (non-hydrogen) atoms. The van der Waals surface area contributed by atoms with E-state index < -0.39 is 0 Å². The van der Waals surface area contributed by atoms with Gasteiger partial charge in [-0.05, 0) is 119 Å². The van der Waals surface area contributed by atoms with Gasteiger partial charge in [0.15, 0.2) is 0 Å². The average Bonchev–Trinajstić information content (AvgIpc) is 3.38. The maximum absolute atomic E-state index is 6.98. The van der Waals surface area contributed by atoms with Gasteiger partial charge in [-0.15, -0.1) is 0 Å². The SMILES string of the molecule is CCCCCCCCOc1cc(/C=C(\c2ccccc2)c2ccc3c(c2)Sc2ccccc2S3)c(OCCCCCCCC)cc1/C=C(\c1ccccc1)c1ccc2c(c1)Sc1ccccc1S2. The Morgan fingerprint density at radius 2 is 0.676 bits per heavy atom. The summed E-state index contributed by atoms with van der Waals surface area (Å²) >= 11 is 7.45. The lowest BCUT2D eigenvalue weighted by molar-refractivity contribution is 0.295. The fourth-order valence-corrected chi connectivity index (χ4v) is 13.3. The lowest BCUT2D eigenvalue weighted by Gasteiger charge is -2.21. The Labute approximate surface area is 422 Å². The van der Waals surface area contributed by atoms with Crippen LogP contribution in [-0.4, -0.2) is 13.2 Å². The normalized spacial score (nSPS) is 13.0. The molecule has 2 heterocycles. The number of fused-ring (bicyclic) bond motifs is 4. The molecule has 0 atom stereocenters. The standard InChI is InChI=1S/C62H62O2S4/c1-3-5-7-9-11-23-37-63-53-41-50(40-52(46-27-17-14-18-28-46)48-34-36-60-62(44-48)68-58-32-22-20-30-56(58)66-60)54(64-38-24-12-10-8-6-4-2)42-49(53)39-51(45-25-15-13-16-26-45)47-33-35-59-61(43-47)67-57-31-21-19-29-55(57)65-59/h13-22,25-36,39-44H,3-12,23-24,37-38H2,1-2H3/b51-39+,52-40+. The number of rotatable bonds is 22. The van der Waals surface area contributed by atoms with Gasteiger partial charge in [0.25, 0.3) is 0 Å². The monoisotopic (exact) mass is 966 g/mol. The number of ether oxygens (including phenoxy) is 2. The highest BCUT2D eigenvalue weighted by Gasteiger charge is 2.22. The van der Waals surface area contributed by atoms with E-state index in [-0.39, 0.29) is 0 Å². The molecule has 2 aliphatic rings. The predicted octanol–water partition coefficient (Wildman–Crippen LogP) is 19.6. The van der Waals surface area contributed by atoms with Gasteiger partial charge in [0.2, 0.25) is 0 Å². The predicted molar refractivity (Wildman–Crippen MR) is 293 cm³/mol. The van der Waals surface area contributed by atoms with Gasteiger partial charge in [-0.3, -0.25) is 0 Å². The van der Waals surface area contributed by atoms with Crippen molar-refractivity contribution in [1.82, 2.24) is 0 Å². The van der Waals surface area contributed by atoms with Crippen LogP contribution in [0.5, 0.6) is 11.5 Å². The summed E-state index contributed by atoms with van der Waals surface area (Å²) in [6.07, 6.45) is 19.2. The molecule has 0 bridgehead atoms. The quantitative estimate of drug-likeness (QED) is 0.0494. The van der Waals surface area contributed by atoms with Gasteiger partial charge >= 0.3 is 0 Å². The van der Waals surface area contributed by atoms with E-state index in [9.17, 15) is 0 Å². The Kier molecular flexibility index (Phi) is 17.3. The molecule has 0 aliphatic carbocycles. The van der Waals surface area contributed by atoms with Crippen molar-refractivity contribution >= 4 is 70.3 Å². The molecule has 0 saturated carbocycles. The Morgan fingerprint density at radius 1 is 0.338 bits per heavy atom. The Hall–Kier alpha value is -4.98. The highest BCUT2D eigenvalue weighted by Crippen LogP contribution is 2.51. The summed E-state index contributed by atoms with van der Waals surface area (Å²) in [4.78, 5) is 10.4. The Balaban J connectivity index is 1.15. The maximum atomic E-state index is 6.98. The first-order valence-electron chi connectivity index (χ1n) is 24.8. The average molecular weight is 967 g/mol. The van der Waals surface area contributed by atoms with E-state index in [1.165, 1.54) is 113 Å². The molecule has 7 aromatic rings. The van der Waals surface area contributed by atoms with Crippen LogP contribution in [0, 0.1) is 0 Å². The molecule has 0 spiro atoms. The van der Waals surface area contributed by atoms with Gasteiger partial charge in [0, 0.05) is 50.3 Å². The van der Waals surface area contributed by atoms with Crippen molar-refractivity contribution in [3.8, 4) is 11.5 Å². The molecular weight excluding hydrogens is 905 g/mol. The van der Waals surface area contributed by atoms with Crippen molar-refractivity contribution in [1.29, 1.82) is 0 Å². The van der Waals surface area contributed by atoms with Gasteiger partial charge in [0.1, 0.15) is 11.5 Å². The molecule has 7 aromatic carbocycles. The zero-order valence-corrected chi connectivity index (χ0v) is 42.8. The van der Waals surface area contributed by atoms with E-state index in [1.54, 1.807) is 0 Å². The third-order valence-corrected chi connectivity index (χ3v) is 17.6. The zero-order valence-electron chi connectivity index (χ0n) is 39.5. The number of unbranched alkanes of at least 4 members (excludes halogenated alkanes) is 10. The second-order valence-electron chi connectivity index (χ2n) is 17.6. The minimum atomic E-state index is 0.660. The van der Waals surface area contributed by atoms with Gasteiger partial charge in [-0.25, -0.2) is 0 Å². The molecule has 0 aromatic heterocycles. The highest BCUT2D eigenvalue weighted by molar-refractivity contribution is 8.05. The molecule has 0 amide bonds. The van der Waals surface area contributed by atoms with Crippen molar-refractivity contribution < 1.29 is 9.47 Å². The second kappa shape index (κ2) is 24.5. The topological polar surface area (TPSA) is 18.5 Å². The van der Waals surface area contributed by atoms with E-state index in [0.29, 0.717) is 13.2 Å². The van der Waals surface area contributed by atoms with Crippen LogP contribution in [0.3, 0.4) is 0 Å². The second-order valence-corrected chi connectivity index (χ2v) is 22.0. The van der Waals surface area contributed by atoms with Crippen molar-refractivity contribution in [2.45, 2.75) is 130 Å². The molecule has 2 nitrogen and oxygen atoms in total.